The van der Waals surface area contributed by atoms with E-state index in [1.807, 2.05) is 32.8 Å². The first-order valence-electron chi connectivity index (χ1n) is 6.32. The molecule has 1 aromatic heterocycles. The number of carboxylic acids is 1. The maximum absolute atomic E-state index is 12.1. The summed E-state index contributed by atoms with van der Waals surface area (Å²) in [6, 6.07) is 0. The molecule has 0 aromatic carbocycles. The predicted molar refractivity (Wildman–Crippen MR) is 72.7 cm³/mol. The highest BCUT2D eigenvalue weighted by Crippen LogP contribution is 2.13. The number of nitrogens with zero attached hydrogens (tertiary/aromatic N) is 3. The van der Waals surface area contributed by atoms with Crippen molar-refractivity contribution in [3.05, 3.63) is 27.9 Å². The van der Waals surface area contributed by atoms with Gasteiger partial charge in [0.15, 0.2) is 0 Å². The number of carboxylic acid groups (broad SMARTS) is 1. The zero-order valence-electron chi connectivity index (χ0n) is 11.9. The van der Waals surface area contributed by atoms with Crippen LogP contribution in [0.25, 0.3) is 0 Å². The van der Waals surface area contributed by atoms with Crippen LogP contribution in [0.4, 0.5) is 0 Å². The van der Waals surface area contributed by atoms with Crippen molar-refractivity contribution in [1.82, 2.24) is 14.5 Å². The molecule has 1 N–H and O–H groups in total. The number of hydrogen-bond donors (Lipinski definition) is 1. The minimum Gasteiger partial charge on any atom is -0.477 e. The summed E-state index contributed by atoms with van der Waals surface area (Å²) in [4.78, 5) is 29.5. The summed E-state index contributed by atoms with van der Waals surface area (Å²) >= 11 is 0. The summed E-state index contributed by atoms with van der Waals surface area (Å²) < 4.78 is 1.37. The molecule has 0 saturated heterocycles. The van der Waals surface area contributed by atoms with Crippen LogP contribution in [0.3, 0.4) is 0 Å². The number of aryl methyl sites for hydroxylation is 1. The summed E-state index contributed by atoms with van der Waals surface area (Å²) in [6.07, 6.45) is 2.22. The number of hydrogen-bond acceptors (Lipinski definition) is 4. The topological polar surface area (TPSA) is 75.4 Å². The van der Waals surface area contributed by atoms with E-state index in [1.54, 1.807) is 0 Å². The van der Waals surface area contributed by atoms with Crippen LogP contribution in [0, 0.1) is 0 Å². The van der Waals surface area contributed by atoms with Gasteiger partial charge in [0.2, 0.25) is 0 Å². The quantitative estimate of drug-likeness (QED) is 0.832. The fourth-order valence-electron chi connectivity index (χ4n) is 1.86. The Labute approximate surface area is 112 Å². The molecule has 1 heterocycles. The summed E-state index contributed by atoms with van der Waals surface area (Å²) in [5.41, 5.74) is -0.325. The van der Waals surface area contributed by atoms with Gasteiger partial charge >= 0.3 is 5.97 Å². The molecule has 0 bridgehead atoms. The predicted octanol–water partition coefficient (Wildman–Crippen LogP) is 1.02. The molecule has 0 atom stereocenters. The van der Waals surface area contributed by atoms with Crippen molar-refractivity contribution >= 4 is 5.97 Å². The molecular weight excluding hydrogens is 246 g/mol. The van der Waals surface area contributed by atoms with Crippen LogP contribution < -0.4 is 5.56 Å². The summed E-state index contributed by atoms with van der Waals surface area (Å²) in [6.45, 7) is 4.96. The number of carbonyl (C=O) groups is 1. The van der Waals surface area contributed by atoms with Crippen LogP contribution in [-0.4, -0.2) is 46.2 Å². The van der Waals surface area contributed by atoms with E-state index < -0.39 is 11.5 Å². The second-order valence-corrected chi connectivity index (χ2v) is 5.12. The molecule has 6 heteroatoms. The van der Waals surface area contributed by atoms with E-state index in [2.05, 4.69) is 4.98 Å². The second kappa shape index (κ2) is 6.47. The minimum absolute atomic E-state index is 0.0878. The highest BCUT2D eigenvalue weighted by atomic mass is 16.4. The Morgan fingerprint density at radius 1 is 1.47 bits per heavy atom. The smallest absolute Gasteiger partial charge is 0.343 e. The molecule has 0 unspecified atom stereocenters. The van der Waals surface area contributed by atoms with Gasteiger partial charge in [-0.3, -0.25) is 9.36 Å². The Balaban J connectivity index is 3.07. The van der Waals surface area contributed by atoms with Crippen molar-refractivity contribution in [2.24, 2.45) is 0 Å². The van der Waals surface area contributed by atoms with Crippen LogP contribution >= 0.6 is 0 Å². The molecule has 0 radical (unpaired) electrons. The highest BCUT2D eigenvalue weighted by Gasteiger charge is 2.20. The first-order valence-corrected chi connectivity index (χ1v) is 6.32. The van der Waals surface area contributed by atoms with Gasteiger partial charge in [-0.2, -0.15) is 0 Å². The summed E-state index contributed by atoms with van der Waals surface area (Å²) in [7, 11) is 3.90. The van der Waals surface area contributed by atoms with Crippen molar-refractivity contribution in [2.75, 3.05) is 20.6 Å². The molecular formula is C13H21N3O3. The molecule has 0 aliphatic heterocycles. The van der Waals surface area contributed by atoms with Gasteiger partial charge in [-0.1, -0.05) is 13.8 Å². The van der Waals surface area contributed by atoms with Crippen LogP contribution in [-0.2, 0) is 6.54 Å². The lowest BCUT2D eigenvalue weighted by atomic mass is 10.1. The number of rotatable bonds is 6. The third kappa shape index (κ3) is 3.89. The fraction of sp³-hybridized carbons (Fsp3) is 0.615. The fourth-order valence-corrected chi connectivity index (χ4v) is 1.86. The Morgan fingerprint density at radius 2 is 2.11 bits per heavy atom. The molecule has 1 rings (SSSR count). The van der Waals surface area contributed by atoms with Gasteiger partial charge in [-0.25, -0.2) is 9.78 Å². The van der Waals surface area contributed by atoms with Crippen molar-refractivity contribution in [2.45, 2.75) is 32.7 Å². The Morgan fingerprint density at radius 3 is 2.58 bits per heavy atom. The summed E-state index contributed by atoms with van der Waals surface area (Å²) in [5, 5.41) is 9.17. The lowest BCUT2D eigenvalue weighted by Gasteiger charge is -2.13. The largest absolute Gasteiger partial charge is 0.477 e. The Hall–Kier alpha value is -1.69. The average molecular weight is 267 g/mol. The third-order valence-electron chi connectivity index (χ3n) is 2.83. The van der Waals surface area contributed by atoms with Crippen LogP contribution in [0.5, 0.6) is 0 Å². The van der Waals surface area contributed by atoms with Crippen LogP contribution in [0.2, 0.25) is 0 Å². The van der Waals surface area contributed by atoms with Gasteiger partial charge in [0.25, 0.3) is 5.56 Å². The van der Waals surface area contributed by atoms with Gasteiger partial charge < -0.3 is 10.0 Å². The molecule has 0 fully saturated rings. The zero-order valence-corrected chi connectivity index (χ0v) is 11.9. The van der Waals surface area contributed by atoms with Crippen molar-refractivity contribution in [1.29, 1.82) is 0 Å². The molecule has 106 valence electrons. The Bertz CT molecular complexity index is 506. The van der Waals surface area contributed by atoms with E-state index in [0.29, 0.717) is 12.2 Å². The molecule has 0 saturated carbocycles. The van der Waals surface area contributed by atoms with Gasteiger partial charge in [0.1, 0.15) is 5.56 Å². The number of aromatic nitrogens is 2. The summed E-state index contributed by atoms with van der Waals surface area (Å²) in [5.74, 6) is -1.29. The molecule has 0 amide bonds. The van der Waals surface area contributed by atoms with E-state index in [-0.39, 0.29) is 11.5 Å². The maximum Gasteiger partial charge on any atom is 0.343 e. The Kier molecular flexibility index (Phi) is 5.23. The van der Waals surface area contributed by atoms with Crippen molar-refractivity contribution < 1.29 is 9.90 Å². The molecule has 6 nitrogen and oxygen atoms in total. The highest BCUT2D eigenvalue weighted by molar-refractivity contribution is 5.88. The third-order valence-corrected chi connectivity index (χ3v) is 2.83. The average Bonchev–Trinajstić information content (AvgIpc) is 2.29. The van der Waals surface area contributed by atoms with Gasteiger partial charge in [-0.15, -0.1) is 0 Å². The van der Waals surface area contributed by atoms with E-state index in [1.165, 1.54) is 10.9 Å². The van der Waals surface area contributed by atoms with E-state index in [4.69, 9.17) is 0 Å². The monoisotopic (exact) mass is 267 g/mol. The van der Waals surface area contributed by atoms with Crippen molar-refractivity contribution in [3.8, 4) is 0 Å². The second-order valence-electron chi connectivity index (χ2n) is 5.12. The van der Waals surface area contributed by atoms with Crippen molar-refractivity contribution in [3.63, 3.8) is 0 Å². The minimum atomic E-state index is -1.21. The van der Waals surface area contributed by atoms with Gasteiger partial charge in [0.05, 0.1) is 12.0 Å². The first kappa shape index (κ1) is 15.4. The first-order chi connectivity index (χ1) is 8.84. The number of aromatic carboxylic acids is 1. The van der Waals surface area contributed by atoms with E-state index in [9.17, 15) is 14.7 Å². The van der Waals surface area contributed by atoms with E-state index in [0.717, 1.165) is 13.0 Å². The SMILES string of the molecule is CC(C)c1ncn(CCCN(C)C)c(=O)c1C(=O)O. The normalized spacial score (nSPS) is 11.3. The molecule has 0 aliphatic carbocycles. The molecule has 19 heavy (non-hydrogen) atoms. The van der Waals surface area contributed by atoms with Gasteiger partial charge in [0, 0.05) is 6.54 Å². The van der Waals surface area contributed by atoms with Crippen LogP contribution in [0.15, 0.2) is 11.1 Å². The van der Waals surface area contributed by atoms with Crippen LogP contribution in [0.1, 0.15) is 42.2 Å². The van der Waals surface area contributed by atoms with Gasteiger partial charge in [-0.05, 0) is 33.0 Å². The molecule has 0 aliphatic rings. The van der Waals surface area contributed by atoms with E-state index >= 15 is 0 Å². The standard InChI is InChI=1S/C13H21N3O3/c1-9(2)11-10(13(18)19)12(17)16(8-14-11)7-5-6-15(3)4/h8-9H,5-7H2,1-4H3,(H,18,19). The lowest BCUT2D eigenvalue weighted by Crippen LogP contribution is -2.30. The molecule has 0 spiro atoms. The lowest BCUT2D eigenvalue weighted by molar-refractivity contribution is 0.0691. The zero-order chi connectivity index (χ0) is 14.6. The maximum atomic E-state index is 12.1. The molecule has 1 aromatic rings.